The lowest BCUT2D eigenvalue weighted by molar-refractivity contribution is -0.132. The van der Waals surface area contributed by atoms with E-state index in [1.807, 2.05) is 0 Å². The molecule has 0 saturated heterocycles. The van der Waals surface area contributed by atoms with Crippen LogP contribution in [-0.4, -0.2) is 17.0 Å². The van der Waals surface area contributed by atoms with Crippen LogP contribution < -0.4 is 0 Å². The van der Waals surface area contributed by atoms with E-state index in [4.69, 9.17) is 0 Å². The van der Waals surface area contributed by atoms with E-state index in [2.05, 4.69) is 19.9 Å². The number of rotatable bonds is 0. The van der Waals surface area contributed by atoms with E-state index in [9.17, 15) is 9.90 Å². The number of allylic oxidation sites excluding steroid dienone is 1. The molecule has 4 rings (SSSR count). The van der Waals surface area contributed by atoms with Gasteiger partial charge < -0.3 is 5.11 Å². The summed E-state index contributed by atoms with van der Waals surface area (Å²) in [7, 11) is 0. The summed E-state index contributed by atoms with van der Waals surface area (Å²) < 4.78 is 0. The highest BCUT2D eigenvalue weighted by Crippen LogP contribution is 2.63. The molecule has 0 bridgehead atoms. The molecule has 1 N–H and O–H groups in total. The molecule has 0 amide bonds. The van der Waals surface area contributed by atoms with E-state index in [1.165, 1.54) is 12.0 Å². The number of aliphatic hydroxyl groups excluding tert-OH is 1. The van der Waals surface area contributed by atoms with Gasteiger partial charge in [-0.25, -0.2) is 0 Å². The van der Waals surface area contributed by atoms with E-state index < -0.39 is 0 Å². The van der Waals surface area contributed by atoms with E-state index in [-0.39, 0.29) is 12.9 Å². The summed E-state index contributed by atoms with van der Waals surface area (Å²) >= 11 is 0. The summed E-state index contributed by atoms with van der Waals surface area (Å²) in [5.41, 5.74) is 1.81. The molecule has 21 heavy (non-hydrogen) atoms. The second-order valence-electron chi connectivity index (χ2n) is 8.57. The Hall–Kier alpha value is -0.630. The zero-order chi connectivity index (χ0) is 14.8. The molecule has 4 aliphatic rings. The number of Topliss-reactive ketones (excluding diaryl/α,β-unsaturated/α-hetero) is 1. The lowest BCUT2D eigenvalue weighted by Gasteiger charge is -2.56. The smallest absolute Gasteiger partial charge is 0.393 e. The first-order chi connectivity index (χ1) is 9.95. The van der Waals surface area contributed by atoms with Crippen molar-refractivity contribution in [3.8, 4) is 0 Å². The molecule has 0 heterocycles. The predicted molar refractivity (Wildman–Crippen MR) is 83.8 cm³/mol. The van der Waals surface area contributed by atoms with Crippen LogP contribution in [0, 0.1) is 28.6 Å². The van der Waals surface area contributed by atoms with Crippen LogP contribution in [0.5, 0.6) is 0 Å². The second kappa shape index (κ2) is 4.44. The number of fused-ring (bicyclic) bond motifs is 5. The third-order valence-electron chi connectivity index (χ3n) is 7.79. The molecule has 116 valence electrons. The molecule has 0 aliphatic heterocycles. The van der Waals surface area contributed by atoms with Gasteiger partial charge >= 0.3 is 1.43 Å². The van der Waals surface area contributed by atoms with Gasteiger partial charge in [0.25, 0.3) is 0 Å². The third kappa shape index (κ3) is 1.78. The molecule has 0 unspecified atom stereocenters. The Morgan fingerprint density at radius 2 is 1.86 bits per heavy atom. The molecule has 3 saturated carbocycles. The predicted octanol–water partition coefficient (Wildman–Crippen LogP) is 3.99. The van der Waals surface area contributed by atoms with E-state index in [0.717, 1.165) is 50.9 Å². The number of hydrogen-bond acceptors (Lipinski definition) is 2. The molecule has 3 fully saturated rings. The van der Waals surface area contributed by atoms with Crippen LogP contribution in [0.2, 0.25) is 0 Å². The Kier molecular flexibility index (Phi) is 2.96. The van der Waals surface area contributed by atoms with Crippen LogP contribution in [-0.2, 0) is 4.79 Å². The van der Waals surface area contributed by atoms with Crippen LogP contribution >= 0.6 is 0 Å². The topological polar surface area (TPSA) is 37.3 Å². The summed E-state index contributed by atoms with van der Waals surface area (Å²) in [6, 6.07) is 0. The number of ketones is 1. The van der Waals surface area contributed by atoms with Crippen molar-refractivity contribution < 1.29 is 11.3 Å². The van der Waals surface area contributed by atoms with Crippen molar-refractivity contribution in [3.63, 3.8) is 0 Å². The largest absolute Gasteiger partial charge is 1.00 e. The van der Waals surface area contributed by atoms with Gasteiger partial charge in [0.2, 0.25) is 0 Å². The van der Waals surface area contributed by atoms with E-state index in [0.29, 0.717) is 23.0 Å². The lowest BCUT2D eigenvalue weighted by atomic mass is 9.48. The first kappa shape index (κ1) is 14.0. The molecule has 2 heteroatoms. The summed E-state index contributed by atoms with van der Waals surface area (Å²) in [6.07, 6.45) is 10.7. The first-order valence-corrected chi connectivity index (χ1v) is 8.86. The maximum atomic E-state index is 12.4. The molecular formula is C19H29O2+. The minimum atomic E-state index is -0.122. The van der Waals surface area contributed by atoms with E-state index in [1.54, 1.807) is 0 Å². The Morgan fingerprint density at radius 1 is 1.14 bits per heavy atom. The molecule has 0 aromatic heterocycles. The van der Waals surface area contributed by atoms with Crippen LogP contribution in [0.3, 0.4) is 0 Å². The molecule has 6 atom stereocenters. The average molecular weight is 289 g/mol. The Labute approximate surface area is 129 Å². The number of carbonyl (C=O) groups is 1. The zero-order valence-corrected chi connectivity index (χ0v) is 13.4. The van der Waals surface area contributed by atoms with Crippen molar-refractivity contribution in [2.75, 3.05) is 0 Å². The van der Waals surface area contributed by atoms with Crippen LogP contribution in [0.4, 0.5) is 0 Å². The summed E-state index contributed by atoms with van der Waals surface area (Å²) in [5, 5.41) is 10.00. The van der Waals surface area contributed by atoms with Crippen molar-refractivity contribution in [1.82, 2.24) is 0 Å². The summed E-state index contributed by atoms with van der Waals surface area (Å²) in [4.78, 5) is 12.4. The quantitative estimate of drug-likeness (QED) is 0.685. The minimum Gasteiger partial charge on any atom is -0.393 e. The molecule has 4 aliphatic carbocycles. The molecule has 0 radical (unpaired) electrons. The van der Waals surface area contributed by atoms with Crippen LogP contribution in [0.25, 0.3) is 0 Å². The van der Waals surface area contributed by atoms with Gasteiger partial charge in [-0.2, -0.15) is 0 Å². The van der Waals surface area contributed by atoms with Gasteiger partial charge in [-0.3, -0.25) is 4.79 Å². The van der Waals surface area contributed by atoms with Gasteiger partial charge in [0.1, 0.15) is 5.78 Å². The number of hydrogen-bond donors (Lipinski definition) is 1. The molecule has 2 nitrogen and oxygen atoms in total. The highest BCUT2D eigenvalue weighted by Gasteiger charge is 2.58. The van der Waals surface area contributed by atoms with Crippen molar-refractivity contribution in [2.45, 2.75) is 71.3 Å². The summed E-state index contributed by atoms with van der Waals surface area (Å²) in [6.45, 7) is 4.69. The van der Waals surface area contributed by atoms with Gasteiger partial charge in [-0.05, 0) is 68.1 Å². The Bertz CT molecular complexity index is 514. The highest BCUT2D eigenvalue weighted by molar-refractivity contribution is 5.87. The molecule has 0 spiro atoms. The average Bonchev–Trinajstić information content (AvgIpc) is 2.76. The molecule has 0 aromatic rings. The first-order valence-electron chi connectivity index (χ1n) is 8.86. The van der Waals surface area contributed by atoms with E-state index >= 15 is 0 Å². The molecule has 0 aromatic carbocycles. The number of aliphatic hydroxyl groups is 1. The van der Waals surface area contributed by atoms with Crippen molar-refractivity contribution in [1.29, 1.82) is 0 Å². The maximum Gasteiger partial charge on any atom is 1.00 e. The van der Waals surface area contributed by atoms with Crippen LogP contribution in [0.15, 0.2) is 11.6 Å². The standard InChI is InChI=1S/C19H28O2/c1-18-9-7-13(20)11-12(18)3-4-14-15-5-6-17(21)19(15,2)10-8-16(14)18/h3,13-16,20H,4-11H2,1-2H3/p+1/t13-,14-,15-,16-,18-,19-/m0/s1. The Morgan fingerprint density at radius 3 is 2.67 bits per heavy atom. The van der Waals surface area contributed by atoms with Crippen molar-refractivity contribution in [3.05, 3.63) is 11.6 Å². The molecular weight excluding hydrogens is 260 g/mol. The maximum absolute atomic E-state index is 12.4. The summed E-state index contributed by atoms with van der Waals surface area (Å²) in [5.74, 6) is 2.60. The van der Waals surface area contributed by atoms with Gasteiger partial charge in [-0.15, -0.1) is 0 Å². The minimum absolute atomic E-state index is 0. The fourth-order valence-corrected chi connectivity index (χ4v) is 6.41. The van der Waals surface area contributed by atoms with Crippen molar-refractivity contribution in [2.24, 2.45) is 28.6 Å². The van der Waals surface area contributed by atoms with Gasteiger partial charge in [0.05, 0.1) is 6.10 Å². The zero-order valence-electron chi connectivity index (χ0n) is 14.4. The Balaban J connectivity index is 0.00000144. The van der Waals surface area contributed by atoms with Crippen molar-refractivity contribution >= 4 is 5.78 Å². The third-order valence-corrected chi connectivity index (χ3v) is 7.79. The van der Waals surface area contributed by atoms with Gasteiger partial charge in [0.15, 0.2) is 0 Å². The fraction of sp³-hybridized carbons (Fsp3) is 0.842. The monoisotopic (exact) mass is 289 g/mol. The fourth-order valence-electron chi connectivity index (χ4n) is 6.41. The second-order valence-corrected chi connectivity index (χ2v) is 8.57. The highest BCUT2D eigenvalue weighted by atomic mass is 16.3. The van der Waals surface area contributed by atoms with Gasteiger partial charge in [-0.1, -0.05) is 25.5 Å². The SMILES string of the molecule is C[C@]12CC[C@H](O)CC1=CC[C@@H]1[C@@H]2CC[C@]2(C)C(=O)CC[C@@H]12.[H+]. The lowest BCUT2D eigenvalue weighted by Crippen LogP contribution is -2.50. The van der Waals surface area contributed by atoms with Gasteiger partial charge in [0, 0.05) is 11.8 Å². The normalized spacial score (nSPS) is 52.7. The van der Waals surface area contributed by atoms with Crippen LogP contribution in [0.1, 0.15) is 66.6 Å². The number of carbonyl (C=O) groups excluding carboxylic acids is 1.